The quantitative estimate of drug-likeness (QED) is 0.391. The number of benzene rings is 3. The van der Waals surface area contributed by atoms with Gasteiger partial charge in [0.15, 0.2) is 0 Å². The third-order valence-electron chi connectivity index (χ3n) is 6.67. The Morgan fingerprint density at radius 3 is 2.54 bits per heavy atom. The van der Waals surface area contributed by atoms with Crippen LogP contribution in [0.25, 0.3) is 50.0 Å². The summed E-state index contributed by atoms with van der Waals surface area (Å²) >= 11 is 0. The normalized spacial score (nSPS) is 11.7. The van der Waals surface area contributed by atoms with Crippen LogP contribution in [0.3, 0.4) is 0 Å². The molecule has 6 rings (SSSR count). The Labute approximate surface area is 200 Å². The minimum Gasteiger partial charge on any atom is -0.465 e. The minimum atomic E-state index is -0.412. The highest BCUT2D eigenvalue weighted by Crippen LogP contribution is 2.34. The topological polar surface area (TPSA) is 86.8 Å². The molecule has 8 heteroatoms. The molecule has 0 saturated carbocycles. The van der Waals surface area contributed by atoms with Crippen LogP contribution < -0.4 is 5.69 Å². The fourth-order valence-electron chi connectivity index (χ4n) is 4.82. The number of nitrogens with zero attached hydrogens (tertiary/aromatic N) is 4. The van der Waals surface area contributed by atoms with Gasteiger partial charge in [-0.05, 0) is 55.0 Å². The Morgan fingerprint density at radius 2 is 1.74 bits per heavy atom. The highest BCUT2D eigenvalue weighted by molar-refractivity contribution is 5.99. The molecule has 0 bridgehead atoms. The van der Waals surface area contributed by atoms with Gasteiger partial charge in [0, 0.05) is 42.4 Å². The molecule has 0 spiro atoms. The van der Waals surface area contributed by atoms with Gasteiger partial charge >= 0.3 is 11.7 Å². The highest BCUT2D eigenvalue weighted by atomic mass is 16.5. The van der Waals surface area contributed by atoms with Gasteiger partial charge in [0.05, 0.1) is 34.7 Å². The molecule has 0 unspecified atom stereocenters. The summed E-state index contributed by atoms with van der Waals surface area (Å²) in [6, 6.07) is 17.5. The number of aromatic amines is 1. The molecule has 3 aromatic heterocycles. The van der Waals surface area contributed by atoms with Crippen molar-refractivity contribution in [3.63, 3.8) is 0 Å². The minimum absolute atomic E-state index is 0.0900. The molecule has 8 nitrogen and oxygen atoms in total. The van der Waals surface area contributed by atoms with Crippen LogP contribution >= 0.6 is 0 Å². The largest absolute Gasteiger partial charge is 0.465 e. The molecular weight excluding hydrogens is 442 g/mol. The summed E-state index contributed by atoms with van der Waals surface area (Å²) in [5.74, 6) is 0.321. The molecule has 0 fully saturated rings. The summed E-state index contributed by atoms with van der Waals surface area (Å²) in [7, 11) is 4.89. The maximum absolute atomic E-state index is 12.5. The summed E-state index contributed by atoms with van der Waals surface area (Å²) in [5, 5.41) is 1.05. The molecule has 35 heavy (non-hydrogen) atoms. The van der Waals surface area contributed by atoms with Gasteiger partial charge in [0.2, 0.25) is 0 Å². The van der Waals surface area contributed by atoms with Gasteiger partial charge in [-0.2, -0.15) is 0 Å². The second kappa shape index (κ2) is 7.46. The number of hydrogen-bond donors (Lipinski definition) is 1. The lowest BCUT2D eigenvalue weighted by Gasteiger charge is -2.11. The van der Waals surface area contributed by atoms with Gasteiger partial charge in [-0.25, -0.2) is 14.6 Å². The van der Waals surface area contributed by atoms with E-state index in [1.54, 1.807) is 35.4 Å². The van der Waals surface area contributed by atoms with E-state index < -0.39 is 5.97 Å². The molecular formula is C27H23N5O3. The van der Waals surface area contributed by atoms with Gasteiger partial charge in [0.1, 0.15) is 5.82 Å². The molecule has 3 aromatic carbocycles. The van der Waals surface area contributed by atoms with Crippen LogP contribution in [0.4, 0.5) is 0 Å². The molecule has 6 aromatic rings. The van der Waals surface area contributed by atoms with E-state index in [0.717, 1.165) is 55.6 Å². The van der Waals surface area contributed by atoms with Gasteiger partial charge in [0.25, 0.3) is 0 Å². The van der Waals surface area contributed by atoms with Crippen LogP contribution in [0.15, 0.2) is 65.6 Å². The number of ether oxygens (including phenoxy) is 1. The number of rotatable bonds is 3. The first kappa shape index (κ1) is 21.0. The zero-order chi connectivity index (χ0) is 24.4. The highest BCUT2D eigenvalue weighted by Gasteiger charge is 2.20. The molecule has 0 aliphatic rings. The number of aryl methyl sites for hydroxylation is 3. The molecule has 0 atom stereocenters. The average molecular weight is 466 g/mol. The molecule has 174 valence electrons. The monoisotopic (exact) mass is 465 g/mol. The first-order valence-electron chi connectivity index (χ1n) is 11.2. The maximum atomic E-state index is 12.5. The average Bonchev–Trinajstić information content (AvgIpc) is 3.51. The van der Waals surface area contributed by atoms with E-state index in [4.69, 9.17) is 9.72 Å². The Kier molecular flexibility index (Phi) is 4.47. The molecule has 0 radical (unpaired) electrons. The zero-order valence-electron chi connectivity index (χ0n) is 19.8. The van der Waals surface area contributed by atoms with Crippen LogP contribution in [-0.4, -0.2) is 36.7 Å². The Bertz CT molecular complexity index is 1870. The number of carbonyl (C=O) groups is 1. The third-order valence-corrected chi connectivity index (χ3v) is 6.67. The summed E-state index contributed by atoms with van der Waals surface area (Å²) in [4.78, 5) is 33.2. The van der Waals surface area contributed by atoms with Crippen LogP contribution in [-0.2, 0) is 18.8 Å². The fourth-order valence-corrected chi connectivity index (χ4v) is 4.82. The number of aromatic nitrogens is 5. The first-order valence-corrected chi connectivity index (χ1v) is 11.2. The summed E-state index contributed by atoms with van der Waals surface area (Å²) < 4.78 is 10.2. The van der Waals surface area contributed by atoms with Gasteiger partial charge in [-0.3, -0.25) is 13.7 Å². The van der Waals surface area contributed by atoms with E-state index in [9.17, 15) is 9.59 Å². The van der Waals surface area contributed by atoms with E-state index in [-0.39, 0.29) is 5.69 Å². The lowest BCUT2D eigenvalue weighted by Crippen LogP contribution is -2.19. The standard InChI is InChI=1S/C27H23N5O3/c1-15-5-8-18-19(14-28-21(18)11-15)25-29-20-9-6-16(26(33)35-4)12-23(20)32(25)17-7-10-22-24(13-17)31(3)27(34)30(22)2/h5-14,28H,1-4H3. The summed E-state index contributed by atoms with van der Waals surface area (Å²) in [5.41, 5.74) is 7.47. The number of carbonyl (C=O) groups excluding carboxylic acids is 1. The predicted octanol–water partition coefficient (Wildman–Crippen LogP) is 4.46. The molecule has 1 N–H and O–H groups in total. The zero-order valence-corrected chi connectivity index (χ0v) is 19.8. The molecule has 3 heterocycles. The third kappa shape index (κ3) is 3.03. The van der Waals surface area contributed by atoms with Gasteiger partial charge in [-0.1, -0.05) is 12.1 Å². The Hall–Kier alpha value is -4.59. The second-order valence-corrected chi connectivity index (χ2v) is 8.79. The Balaban J connectivity index is 1.70. The van der Waals surface area contributed by atoms with Crippen LogP contribution in [0.2, 0.25) is 0 Å². The van der Waals surface area contributed by atoms with Crippen LogP contribution in [0.1, 0.15) is 15.9 Å². The van der Waals surface area contributed by atoms with Crippen molar-refractivity contribution in [1.29, 1.82) is 0 Å². The van der Waals surface area contributed by atoms with E-state index in [1.165, 1.54) is 7.11 Å². The summed E-state index contributed by atoms with van der Waals surface area (Å²) in [6.07, 6.45) is 1.96. The van der Waals surface area contributed by atoms with E-state index in [0.29, 0.717) is 5.56 Å². The van der Waals surface area contributed by atoms with Gasteiger partial charge in [-0.15, -0.1) is 0 Å². The van der Waals surface area contributed by atoms with Crippen molar-refractivity contribution in [3.05, 3.63) is 82.4 Å². The lowest BCUT2D eigenvalue weighted by molar-refractivity contribution is 0.0601. The van der Waals surface area contributed by atoms with E-state index >= 15 is 0 Å². The maximum Gasteiger partial charge on any atom is 0.337 e. The molecule has 0 saturated heterocycles. The summed E-state index contributed by atoms with van der Waals surface area (Å²) in [6.45, 7) is 2.06. The number of fused-ring (bicyclic) bond motifs is 3. The number of hydrogen-bond acceptors (Lipinski definition) is 4. The Morgan fingerprint density at radius 1 is 0.943 bits per heavy atom. The second-order valence-electron chi connectivity index (χ2n) is 8.79. The fraction of sp³-hybridized carbons (Fsp3) is 0.148. The molecule has 0 amide bonds. The molecule has 0 aliphatic heterocycles. The van der Waals surface area contributed by atoms with Crippen LogP contribution in [0.5, 0.6) is 0 Å². The van der Waals surface area contributed by atoms with Crippen molar-refractivity contribution >= 4 is 38.9 Å². The number of nitrogens with one attached hydrogen (secondary N) is 1. The van der Waals surface area contributed by atoms with Crippen molar-refractivity contribution in [1.82, 2.24) is 23.7 Å². The number of H-pyrrole nitrogens is 1. The molecule has 0 aliphatic carbocycles. The van der Waals surface area contributed by atoms with Crippen molar-refractivity contribution in [3.8, 4) is 17.1 Å². The SMILES string of the molecule is COC(=O)c1ccc2nc(-c3c[nH]c4cc(C)ccc34)n(-c3ccc4c(c3)n(C)c(=O)n4C)c2c1. The number of imidazole rings is 2. The van der Waals surface area contributed by atoms with Crippen molar-refractivity contribution in [2.75, 3.05) is 7.11 Å². The number of esters is 1. The lowest BCUT2D eigenvalue weighted by atomic mass is 10.1. The van der Waals surface area contributed by atoms with Crippen LogP contribution in [0, 0.1) is 6.92 Å². The van der Waals surface area contributed by atoms with E-state index in [1.807, 2.05) is 35.0 Å². The van der Waals surface area contributed by atoms with Crippen molar-refractivity contribution in [2.24, 2.45) is 14.1 Å². The van der Waals surface area contributed by atoms with Crippen molar-refractivity contribution < 1.29 is 9.53 Å². The van der Waals surface area contributed by atoms with Crippen molar-refractivity contribution in [2.45, 2.75) is 6.92 Å². The first-order chi connectivity index (χ1) is 16.9. The number of methoxy groups -OCH3 is 1. The smallest absolute Gasteiger partial charge is 0.337 e. The predicted molar refractivity (Wildman–Crippen MR) is 136 cm³/mol. The van der Waals surface area contributed by atoms with Gasteiger partial charge < -0.3 is 9.72 Å². The van der Waals surface area contributed by atoms with E-state index in [2.05, 4.69) is 30.1 Å².